The summed E-state index contributed by atoms with van der Waals surface area (Å²) in [4.78, 5) is 25.8. The van der Waals surface area contributed by atoms with Gasteiger partial charge in [-0.1, -0.05) is 6.92 Å². The molecule has 2 rings (SSSR count). The maximum Gasteiger partial charge on any atom is 0.243 e. The van der Waals surface area contributed by atoms with Crippen molar-refractivity contribution >= 4 is 36.0 Å². The van der Waals surface area contributed by atoms with Crippen molar-refractivity contribution in [2.45, 2.75) is 38.3 Å². The van der Waals surface area contributed by atoms with Gasteiger partial charge in [-0.25, -0.2) is 0 Å². The Balaban J connectivity index is 0.00000180. The molecule has 2 saturated heterocycles. The molecule has 19 heavy (non-hydrogen) atoms. The van der Waals surface area contributed by atoms with Gasteiger partial charge in [0.15, 0.2) is 0 Å². The third-order valence-electron chi connectivity index (χ3n) is 3.38. The van der Waals surface area contributed by atoms with Gasteiger partial charge in [0.05, 0.1) is 5.88 Å². The van der Waals surface area contributed by atoms with Crippen LogP contribution in [0.5, 0.6) is 0 Å². The van der Waals surface area contributed by atoms with E-state index in [1.54, 1.807) is 16.7 Å². The molecule has 0 spiro atoms. The SMILES string of the molecule is CCCC(=O)N1CSCC1C(=O)NC1CCNC1.Cl. The van der Waals surface area contributed by atoms with Crippen molar-refractivity contribution in [3.8, 4) is 0 Å². The summed E-state index contributed by atoms with van der Waals surface area (Å²) in [6.45, 7) is 3.79. The topological polar surface area (TPSA) is 61.4 Å². The van der Waals surface area contributed by atoms with Crippen molar-refractivity contribution in [1.29, 1.82) is 0 Å². The van der Waals surface area contributed by atoms with E-state index in [1.807, 2.05) is 6.92 Å². The molecule has 0 radical (unpaired) electrons. The molecule has 2 amide bonds. The zero-order valence-corrected chi connectivity index (χ0v) is 12.8. The van der Waals surface area contributed by atoms with Crippen molar-refractivity contribution in [3.05, 3.63) is 0 Å². The van der Waals surface area contributed by atoms with Gasteiger partial charge >= 0.3 is 0 Å². The Labute approximate surface area is 124 Å². The van der Waals surface area contributed by atoms with Crippen LogP contribution in [0.3, 0.4) is 0 Å². The van der Waals surface area contributed by atoms with Gasteiger partial charge < -0.3 is 15.5 Å². The van der Waals surface area contributed by atoms with E-state index in [2.05, 4.69) is 10.6 Å². The van der Waals surface area contributed by atoms with Crippen molar-refractivity contribution in [2.24, 2.45) is 0 Å². The number of rotatable bonds is 4. The number of nitrogens with one attached hydrogen (secondary N) is 2. The van der Waals surface area contributed by atoms with Crippen LogP contribution in [0.2, 0.25) is 0 Å². The summed E-state index contributed by atoms with van der Waals surface area (Å²) in [6.07, 6.45) is 2.35. The first-order chi connectivity index (χ1) is 8.72. The molecular formula is C12H22ClN3O2S. The smallest absolute Gasteiger partial charge is 0.243 e. The first kappa shape index (κ1) is 16.6. The molecule has 0 bridgehead atoms. The minimum absolute atomic E-state index is 0. The van der Waals surface area contributed by atoms with Crippen molar-refractivity contribution in [3.63, 3.8) is 0 Å². The lowest BCUT2D eigenvalue weighted by molar-refractivity contribution is -0.138. The van der Waals surface area contributed by atoms with E-state index in [1.165, 1.54) is 0 Å². The highest BCUT2D eigenvalue weighted by Gasteiger charge is 2.35. The highest BCUT2D eigenvalue weighted by Crippen LogP contribution is 2.22. The number of thioether (sulfide) groups is 1. The summed E-state index contributed by atoms with van der Waals surface area (Å²) in [5.74, 6) is 1.49. The number of hydrogen-bond donors (Lipinski definition) is 2. The Morgan fingerprint density at radius 2 is 2.26 bits per heavy atom. The fourth-order valence-electron chi connectivity index (χ4n) is 2.34. The fourth-order valence-corrected chi connectivity index (χ4v) is 3.52. The summed E-state index contributed by atoms with van der Waals surface area (Å²) in [7, 11) is 0. The van der Waals surface area contributed by atoms with Crippen LogP contribution in [0.25, 0.3) is 0 Å². The molecule has 2 N–H and O–H groups in total. The number of carbonyl (C=O) groups excluding carboxylic acids is 2. The highest BCUT2D eigenvalue weighted by atomic mass is 35.5. The standard InChI is InChI=1S/C12H21N3O2S.ClH/c1-2-3-11(16)15-8-18-7-10(15)12(17)14-9-4-5-13-6-9;/h9-10,13H,2-8H2,1H3,(H,14,17);1H. The molecule has 0 aromatic carbocycles. The molecule has 0 aromatic rings. The molecule has 2 atom stereocenters. The monoisotopic (exact) mass is 307 g/mol. The van der Waals surface area contributed by atoms with Gasteiger partial charge in [-0.3, -0.25) is 9.59 Å². The summed E-state index contributed by atoms with van der Waals surface area (Å²) in [5.41, 5.74) is 0. The van der Waals surface area contributed by atoms with Crippen molar-refractivity contribution in [1.82, 2.24) is 15.5 Å². The first-order valence-electron chi connectivity index (χ1n) is 6.60. The lowest BCUT2D eigenvalue weighted by Crippen LogP contribution is -2.50. The lowest BCUT2D eigenvalue weighted by Gasteiger charge is -2.24. The molecule has 0 aliphatic carbocycles. The predicted molar refractivity (Wildman–Crippen MR) is 79.5 cm³/mol. The second kappa shape index (κ2) is 7.97. The Morgan fingerprint density at radius 1 is 1.47 bits per heavy atom. The Kier molecular flexibility index (Phi) is 6.96. The van der Waals surface area contributed by atoms with Gasteiger partial charge in [0, 0.05) is 24.8 Å². The Bertz CT molecular complexity index is 324. The molecule has 7 heteroatoms. The first-order valence-corrected chi connectivity index (χ1v) is 7.76. The van der Waals surface area contributed by atoms with Crippen molar-refractivity contribution in [2.75, 3.05) is 24.7 Å². The Hall–Kier alpha value is -0.460. The van der Waals surface area contributed by atoms with Crippen LogP contribution in [0, 0.1) is 0 Å². The average Bonchev–Trinajstić information content (AvgIpc) is 2.99. The van der Waals surface area contributed by atoms with E-state index in [9.17, 15) is 9.59 Å². The van der Waals surface area contributed by atoms with Crippen LogP contribution in [-0.2, 0) is 9.59 Å². The van der Waals surface area contributed by atoms with Crippen LogP contribution >= 0.6 is 24.2 Å². The van der Waals surface area contributed by atoms with Gasteiger partial charge in [0.1, 0.15) is 6.04 Å². The van der Waals surface area contributed by atoms with Gasteiger partial charge in [-0.15, -0.1) is 24.2 Å². The summed E-state index contributed by atoms with van der Waals surface area (Å²) >= 11 is 1.66. The van der Waals surface area contributed by atoms with E-state index in [-0.39, 0.29) is 36.3 Å². The molecule has 0 saturated carbocycles. The quantitative estimate of drug-likeness (QED) is 0.798. The van der Waals surface area contributed by atoms with Crippen LogP contribution in [-0.4, -0.2) is 53.5 Å². The van der Waals surface area contributed by atoms with E-state index in [4.69, 9.17) is 0 Å². The molecule has 2 heterocycles. The summed E-state index contributed by atoms with van der Waals surface area (Å²) in [5, 5.41) is 6.26. The van der Waals surface area contributed by atoms with Crippen molar-refractivity contribution < 1.29 is 9.59 Å². The predicted octanol–water partition coefficient (Wildman–Crippen LogP) is 0.588. The number of nitrogens with zero attached hydrogens (tertiary/aromatic N) is 1. The third kappa shape index (κ3) is 4.26. The van der Waals surface area contributed by atoms with E-state index in [0.29, 0.717) is 12.3 Å². The molecule has 2 fully saturated rings. The Morgan fingerprint density at radius 3 is 2.89 bits per heavy atom. The molecule has 2 unspecified atom stereocenters. The van der Waals surface area contributed by atoms with E-state index < -0.39 is 0 Å². The molecule has 0 aromatic heterocycles. The lowest BCUT2D eigenvalue weighted by atomic mass is 10.2. The molecule has 2 aliphatic rings. The normalized spacial score (nSPS) is 26.1. The second-order valence-corrected chi connectivity index (χ2v) is 5.83. The summed E-state index contributed by atoms with van der Waals surface area (Å²) < 4.78 is 0. The third-order valence-corrected chi connectivity index (χ3v) is 4.39. The maximum atomic E-state index is 12.2. The van der Waals surface area contributed by atoms with Gasteiger partial charge in [0.25, 0.3) is 0 Å². The van der Waals surface area contributed by atoms with E-state index >= 15 is 0 Å². The van der Waals surface area contributed by atoms with Crippen LogP contribution in [0.15, 0.2) is 0 Å². The molecule has 5 nitrogen and oxygen atoms in total. The minimum Gasteiger partial charge on any atom is -0.350 e. The zero-order chi connectivity index (χ0) is 13.0. The molecule has 2 aliphatic heterocycles. The number of amides is 2. The highest BCUT2D eigenvalue weighted by molar-refractivity contribution is 7.99. The van der Waals surface area contributed by atoms with Crippen LogP contribution in [0.4, 0.5) is 0 Å². The van der Waals surface area contributed by atoms with Gasteiger partial charge in [-0.05, 0) is 19.4 Å². The molecule has 110 valence electrons. The summed E-state index contributed by atoms with van der Waals surface area (Å²) in [6, 6.07) is -0.0409. The largest absolute Gasteiger partial charge is 0.350 e. The van der Waals surface area contributed by atoms with Crippen LogP contribution in [0.1, 0.15) is 26.2 Å². The average molecular weight is 308 g/mol. The maximum absolute atomic E-state index is 12.2. The van der Waals surface area contributed by atoms with Crippen LogP contribution < -0.4 is 10.6 Å². The fraction of sp³-hybridized carbons (Fsp3) is 0.833. The van der Waals surface area contributed by atoms with Gasteiger partial charge in [-0.2, -0.15) is 0 Å². The van der Waals surface area contributed by atoms with E-state index in [0.717, 1.165) is 31.7 Å². The number of carbonyl (C=O) groups is 2. The zero-order valence-electron chi connectivity index (χ0n) is 11.2. The van der Waals surface area contributed by atoms with Gasteiger partial charge in [0.2, 0.25) is 11.8 Å². The minimum atomic E-state index is -0.269. The molecular weight excluding hydrogens is 286 g/mol. The second-order valence-electron chi connectivity index (χ2n) is 4.83. The number of halogens is 1. The number of hydrogen-bond acceptors (Lipinski definition) is 4.